The van der Waals surface area contributed by atoms with E-state index in [0.717, 1.165) is 25.9 Å². The number of carbonyl (C=O) groups excluding carboxylic acids is 1. The molecule has 3 unspecified atom stereocenters. The minimum Gasteiger partial charge on any atom is -0.462 e. The van der Waals surface area contributed by atoms with Crippen LogP contribution in [0.2, 0.25) is 0 Å². The fourth-order valence-corrected chi connectivity index (χ4v) is 5.22. The molecular formula is C17H24O4. The van der Waals surface area contributed by atoms with Crippen molar-refractivity contribution in [1.29, 1.82) is 0 Å². The maximum atomic E-state index is 11.6. The van der Waals surface area contributed by atoms with Gasteiger partial charge in [-0.25, -0.2) is 0 Å². The van der Waals surface area contributed by atoms with Crippen LogP contribution in [0, 0.1) is 10.8 Å². The fraction of sp³-hybridized carbons (Fsp3) is 0.824. The lowest BCUT2D eigenvalue weighted by Crippen LogP contribution is -2.63. The van der Waals surface area contributed by atoms with Crippen LogP contribution in [0.5, 0.6) is 0 Å². The third kappa shape index (κ3) is 1.45. The van der Waals surface area contributed by atoms with Gasteiger partial charge < -0.3 is 14.2 Å². The molecule has 2 aliphatic carbocycles. The summed E-state index contributed by atoms with van der Waals surface area (Å²) in [6, 6.07) is 0. The minimum atomic E-state index is -0.239. The molecule has 0 aromatic rings. The number of allylic oxidation sites excluding steroid dienone is 1. The van der Waals surface area contributed by atoms with Crippen LogP contribution in [0.25, 0.3) is 0 Å². The molecule has 21 heavy (non-hydrogen) atoms. The molecular weight excluding hydrogens is 268 g/mol. The van der Waals surface area contributed by atoms with E-state index in [4.69, 9.17) is 14.2 Å². The molecule has 0 aromatic heterocycles. The molecule has 4 nitrogen and oxygen atoms in total. The molecule has 3 fully saturated rings. The van der Waals surface area contributed by atoms with Crippen molar-refractivity contribution in [1.82, 2.24) is 0 Å². The zero-order chi connectivity index (χ0) is 15.0. The van der Waals surface area contributed by atoms with Crippen molar-refractivity contribution in [3.8, 4) is 0 Å². The zero-order valence-corrected chi connectivity index (χ0v) is 13.3. The van der Waals surface area contributed by atoms with Crippen molar-refractivity contribution in [2.75, 3.05) is 6.61 Å². The first-order chi connectivity index (χ1) is 9.83. The van der Waals surface area contributed by atoms with Crippen LogP contribution in [0.3, 0.4) is 0 Å². The van der Waals surface area contributed by atoms with E-state index in [-0.39, 0.29) is 40.7 Å². The number of epoxide rings is 1. The topological polar surface area (TPSA) is 48.1 Å². The number of esters is 1. The highest BCUT2D eigenvalue weighted by molar-refractivity contribution is 5.66. The van der Waals surface area contributed by atoms with E-state index in [0.29, 0.717) is 0 Å². The standard InChI is InChI=1S/C17H24O4/c1-10-5-6-15(3)12(7-10)21-14-8-13(20-11(2)18)16(15,4)17(14)9-19-17/h7,12-14H,5-6,8-9H2,1-4H3/t12?,13?,14-,15?,16+,17-/m1/s1. The van der Waals surface area contributed by atoms with Gasteiger partial charge in [-0.05, 0) is 19.8 Å². The predicted octanol–water partition coefficient (Wildman–Crippen LogP) is 2.61. The molecule has 2 heterocycles. The summed E-state index contributed by atoms with van der Waals surface area (Å²) >= 11 is 0. The quantitative estimate of drug-likeness (QED) is 0.423. The lowest BCUT2D eigenvalue weighted by molar-refractivity contribution is -0.210. The van der Waals surface area contributed by atoms with Crippen LogP contribution in [0.15, 0.2) is 11.6 Å². The summed E-state index contributed by atoms with van der Waals surface area (Å²) in [7, 11) is 0. The highest BCUT2D eigenvalue weighted by Gasteiger charge is 2.81. The Morgan fingerprint density at radius 1 is 1.43 bits per heavy atom. The first-order valence-electron chi connectivity index (χ1n) is 7.97. The van der Waals surface area contributed by atoms with E-state index in [9.17, 15) is 4.79 Å². The van der Waals surface area contributed by atoms with Crippen LogP contribution in [-0.2, 0) is 19.0 Å². The molecule has 2 saturated heterocycles. The van der Waals surface area contributed by atoms with Gasteiger partial charge in [-0.1, -0.05) is 25.5 Å². The zero-order valence-electron chi connectivity index (χ0n) is 13.3. The highest BCUT2D eigenvalue weighted by Crippen LogP contribution is 2.71. The second-order valence-corrected chi connectivity index (χ2v) is 7.69. The van der Waals surface area contributed by atoms with Gasteiger partial charge in [0.15, 0.2) is 0 Å². The van der Waals surface area contributed by atoms with Crippen LogP contribution in [-0.4, -0.2) is 36.5 Å². The van der Waals surface area contributed by atoms with E-state index in [2.05, 4.69) is 26.8 Å². The number of hydrogen-bond acceptors (Lipinski definition) is 4. The maximum Gasteiger partial charge on any atom is 0.302 e. The number of carbonyl (C=O) groups is 1. The molecule has 6 atom stereocenters. The van der Waals surface area contributed by atoms with Gasteiger partial charge in [0.1, 0.15) is 11.7 Å². The Kier molecular flexibility index (Phi) is 2.56. The number of hydrogen-bond donors (Lipinski definition) is 0. The van der Waals surface area contributed by atoms with Crippen LogP contribution < -0.4 is 0 Å². The summed E-state index contributed by atoms with van der Waals surface area (Å²) in [5.74, 6) is -0.202. The molecule has 2 bridgehead atoms. The minimum absolute atomic E-state index is 0.0455. The lowest BCUT2D eigenvalue weighted by atomic mass is 9.52. The van der Waals surface area contributed by atoms with Crippen molar-refractivity contribution >= 4 is 5.97 Å². The summed E-state index contributed by atoms with van der Waals surface area (Å²) in [6.07, 6.45) is 5.23. The van der Waals surface area contributed by atoms with E-state index in [1.807, 2.05) is 0 Å². The van der Waals surface area contributed by atoms with E-state index >= 15 is 0 Å². The molecule has 4 aliphatic rings. The number of fused-ring (bicyclic) bond motifs is 2. The fourth-order valence-electron chi connectivity index (χ4n) is 5.22. The van der Waals surface area contributed by atoms with Gasteiger partial charge in [-0.15, -0.1) is 0 Å². The number of rotatable bonds is 1. The third-order valence-corrected chi connectivity index (χ3v) is 6.83. The molecule has 4 rings (SSSR count). The van der Waals surface area contributed by atoms with Crippen LogP contribution in [0.4, 0.5) is 0 Å². The normalized spacial score (nSPS) is 54.1. The second-order valence-electron chi connectivity index (χ2n) is 7.69. The van der Waals surface area contributed by atoms with Crippen LogP contribution in [0.1, 0.15) is 47.0 Å². The Morgan fingerprint density at radius 2 is 2.14 bits per heavy atom. The molecule has 1 spiro atoms. The largest absolute Gasteiger partial charge is 0.462 e. The van der Waals surface area contributed by atoms with Gasteiger partial charge in [0, 0.05) is 24.2 Å². The molecule has 0 N–H and O–H groups in total. The smallest absolute Gasteiger partial charge is 0.302 e. The predicted molar refractivity (Wildman–Crippen MR) is 76.7 cm³/mol. The van der Waals surface area contributed by atoms with Crippen molar-refractivity contribution in [2.24, 2.45) is 10.8 Å². The summed E-state index contributed by atoms with van der Waals surface area (Å²) in [4.78, 5) is 11.6. The Balaban J connectivity index is 1.82. The molecule has 0 aromatic carbocycles. The van der Waals surface area contributed by atoms with Gasteiger partial charge in [0.2, 0.25) is 0 Å². The van der Waals surface area contributed by atoms with E-state index in [1.54, 1.807) is 0 Å². The Bertz CT molecular complexity index is 535. The second kappa shape index (κ2) is 3.90. The molecule has 0 amide bonds. The van der Waals surface area contributed by atoms with Crippen molar-refractivity contribution in [3.05, 3.63) is 11.6 Å². The van der Waals surface area contributed by atoms with Crippen molar-refractivity contribution < 1.29 is 19.0 Å². The molecule has 0 radical (unpaired) electrons. The van der Waals surface area contributed by atoms with Crippen molar-refractivity contribution in [2.45, 2.75) is 70.9 Å². The Morgan fingerprint density at radius 3 is 2.76 bits per heavy atom. The molecule has 1 saturated carbocycles. The summed E-state index contributed by atoms with van der Waals surface area (Å²) in [5, 5.41) is 0. The summed E-state index contributed by atoms with van der Waals surface area (Å²) < 4.78 is 18.1. The van der Waals surface area contributed by atoms with Gasteiger partial charge in [-0.3, -0.25) is 4.79 Å². The first-order valence-corrected chi connectivity index (χ1v) is 7.97. The third-order valence-electron chi connectivity index (χ3n) is 6.83. The Hall–Kier alpha value is -0.870. The first kappa shape index (κ1) is 13.8. The SMILES string of the molecule is CC(=O)OC1C[C@H]2OC3C=C(C)CCC3(C)[C@@]1(C)[C@@]21CO1. The van der Waals surface area contributed by atoms with Gasteiger partial charge >= 0.3 is 5.97 Å². The molecule has 2 aliphatic heterocycles. The van der Waals surface area contributed by atoms with Gasteiger partial charge in [0.05, 0.1) is 18.8 Å². The van der Waals surface area contributed by atoms with Crippen molar-refractivity contribution in [3.63, 3.8) is 0 Å². The number of ether oxygens (including phenoxy) is 3. The highest BCUT2D eigenvalue weighted by atomic mass is 16.6. The van der Waals surface area contributed by atoms with E-state index < -0.39 is 0 Å². The summed E-state index contributed by atoms with van der Waals surface area (Å²) in [6.45, 7) is 8.96. The molecule has 4 heteroatoms. The van der Waals surface area contributed by atoms with Gasteiger partial charge in [-0.2, -0.15) is 0 Å². The summed E-state index contributed by atoms with van der Waals surface area (Å²) in [5.41, 5.74) is 0.946. The Labute approximate surface area is 125 Å². The monoisotopic (exact) mass is 292 g/mol. The average molecular weight is 292 g/mol. The van der Waals surface area contributed by atoms with Crippen LogP contribution >= 0.6 is 0 Å². The van der Waals surface area contributed by atoms with Gasteiger partial charge in [0.25, 0.3) is 0 Å². The lowest BCUT2D eigenvalue weighted by Gasteiger charge is -2.57. The maximum absolute atomic E-state index is 11.6. The molecule has 116 valence electrons. The van der Waals surface area contributed by atoms with E-state index in [1.165, 1.54) is 12.5 Å². The average Bonchev–Trinajstić information content (AvgIpc) is 3.16.